The van der Waals surface area contributed by atoms with Gasteiger partial charge in [0.05, 0.1) is 24.6 Å². The Kier molecular flexibility index (Phi) is 5.19. The Bertz CT molecular complexity index is 626. The highest BCUT2D eigenvalue weighted by Crippen LogP contribution is 2.24. The molecule has 21 heavy (non-hydrogen) atoms. The van der Waals surface area contributed by atoms with Gasteiger partial charge in [-0.2, -0.15) is 0 Å². The molecule has 0 bridgehead atoms. The molecule has 0 spiro atoms. The van der Waals surface area contributed by atoms with E-state index in [2.05, 4.69) is 10.0 Å². The molecule has 0 aromatic heterocycles. The second-order valence-corrected chi connectivity index (χ2v) is 7.11. The van der Waals surface area contributed by atoms with Gasteiger partial charge in [0.1, 0.15) is 5.75 Å². The number of para-hydroxylation sites is 1. The number of anilines is 1. The Labute approximate surface area is 124 Å². The van der Waals surface area contributed by atoms with Crippen molar-refractivity contribution in [1.82, 2.24) is 10.0 Å². The zero-order valence-corrected chi connectivity index (χ0v) is 13.4. The summed E-state index contributed by atoms with van der Waals surface area (Å²) in [6.07, 6.45) is 1.07. The summed E-state index contributed by atoms with van der Waals surface area (Å²) < 4.78 is 30.0. The van der Waals surface area contributed by atoms with E-state index in [0.717, 1.165) is 6.26 Å². The lowest BCUT2D eigenvalue weighted by molar-refractivity contribution is 0.0945. The number of hydrogen-bond donors (Lipinski definition) is 3. The van der Waals surface area contributed by atoms with E-state index in [-0.39, 0.29) is 17.8 Å². The SMILES string of the molecule is COc1cccc(C(=O)NCC(C)(C)NS(C)(=O)=O)c1N. The van der Waals surface area contributed by atoms with E-state index >= 15 is 0 Å². The van der Waals surface area contributed by atoms with Crippen LogP contribution in [0.1, 0.15) is 24.2 Å². The number of rotatable bonds is 6. The van der Waals surface area contributed by atoms with E-state index in [0.29, 0.717) is 5.75 Å². The molecule has 4 N–H and O–H groups in total. The van der Waals surface area contributed by atoms with Crippen LogP contribution < -0.4 is 20.5 Å². The van der Waals surface area contributed by atoms with E-state index in [1.807, 2.05) is 0 Å². The molecule has 0 aliphatic heterocycles. The highest BCUT2D eigenvalue weighted by molar-refractivity contribution is 7.88. The molecule has 1 aromatic carbocycles. The Morgan fingerprint density at radius 3 is 2.52 bits per heavy atom. The van der Waals surface area contributed by atoms with Crippen molar-refractivity contribution in [2.24, 2.45) is 0 Å². The van der Waals surface area contributed by atoms with Crippen LogP contribution in [0.4, 0.5) is 5.69 Å². The molecular weight excluding hydrogens is 294 g/mol. The number of hydrogen-bond acceptors (Lipinski definition) is 5. The predicted molar refractivity (Wildman–Crippen MR) is 81.8 cm³/mol. The average molecular weight is 315 g/mol. The summed E-state index contributed by atoms with van der Waals surface area (Å²) in [6.45, 7) is 3.46. The first-order valence-electron chi connectivity index (χ1n) is 6.25. The smallest absolute Gasteiger partial charge is 0.253 e. The van der Waals surface area contributed by atoms with Gasteiger partial charge >= 0.3 is 0 Å². The van der Waals surface area contributed by atoms with Gasteiger partial charge in [0.25, 0.3) is 5.91 Å². The molecule has 1 aromatic rings. The summed E-state index contributed by atoms with van der Waals surface area (Å²) in [6, 6.07) is 4.88. The third kappa shape index (κ3) is 5.24. The average Bonchev–Trinajstić information content (AvgIpc) is 2.33. The number of benzene rings is 1. The number of nitrogens with one attached hydrogen (secondary N) is 2. The third-order valence-corrected chi connectivity index (χ3v) is 3.61. The second kappa shape index (κ2) is 6.31. The van der Waals surface area contributed by atoms with Crippen LogP contribution in [0.5, 0.6) is 5.75 Å². The summed E-state index contributed by atoms with van der Waals surface area (Å²) in [4.78, 5) is 12.1. The fourth-order valence-electron chi connectivity index (χ4n) is 1.85. The first-order chi connectivity index (χ1) is 9.56. The van der Waals surface area contributed by atoms with E-state index in [1.54, 1.807) is 32.0 Å². The van der Waals surface area contributed by atoms with Gasteiger partial charge in [-0.1, -0.05) is 6.07 Å². The quantitative estimate of drug-likeness (QED) is 0.655. The summed E-state index contributed by atoms with van der Waals surface area (Å²) in [5.74, 6) is 0.0194. The highest BCUT2D eigenvalue weighted by Gasteiger charge is 2.23. The van der Waals surface area contributed by atoms with Crippen molar-refractivity contribution in [1.29, 1.82) is 0 Å². The van der Waals surface area contributed by atoms with Gasteiger partial charge in [-0.25, -0.2) is 13.1 Å². The van der Waals surface area contributed by atoms with Crippen LogP contribution in [0.25, 0.3) is 0 Å². The fraction of sp³-hybridized carbons (Fsp3) is 0.462. The molecule has 8 heteroatoms. The molecule has 0 aliphatic rings. The summed E-state index contributed by atoms with van der Waals surface area (Å²) in [7, 11) is -1.89. The van der Waals surface area contributed by atoms with Crippen molar-refractivity contribution < 1.29 is 17.9 Å². The molecule has 1 amide bonds. The molecule has 0 saturated carbocycles. The van der Waals surface area contributed by atoms with Crippen molar-refractivity contribution in [3.8, 4) is 5.75 Å². The maximum Gasteiger partial charge on any atom is 0.253 e. The Hall–Kier alpha value is -1.80. The molecule has 0 aliphatic carbocycles. The van der Waals surface area contributed by atoms with Crippen LogP contribution in [0, 0.1) is 0 Å². The molecule has 0 fully saturated rings. The number of ether oxygens (including phenoxy) is 1. The van der Waals surface area contributed by atoms with E-state index in [1.165, 1.54) is 7.11 Å². The Morgan fingerprint density at radius 2 is 2.00 bits per heavy atom. The lowest BCUT2D eigenvalue weighted by Gasteiger charge is -2.25. The number of carbonyl (C=O) groups excluding carboxylic acids is 1. The van der Waals surface area contributed by atoms with Crippen LogP contribution in [-0.4, -0.2) is 39.8 Å². The minimum Gasteiger partial charge on any atom is -0.495 e. The monoisotopic (exact) mass is 315 g/mol. The molecule has 118 valence electrons. The molecular formula is C13H21N3O4S. The molecule has 0 heterocycles. The zero-order valence-electron chi connectivity index (χ0n) is 12.6. The minimum atomic E-state index is -3.36. The number of methoxy groups -OCH3 is 1. The standard InChI is InChI=1S/C13H21N3O4S/c1-13(2,16-21(4,18)19)8-15-12(17)9-6-5-7-10(20-3)11(9)14/h5-7,16H,8,14H2,1-4H3,(H,15,17). The number of amides is 1. The van der Waals surface area contributed by atoms with Gasteiger partial charge in [0, 0.05) is 12.1 Å². The van der Waals surface area contributed by atoms with Crippen molar-refractivity contribution in [2.45, 2.75) is 19.4 Å². The van der Waals surface area contributed by atoms with Crippen molar-refractivity contribution in [3.63, 3.8) is 0 Å². The fourth-order valence-corrected chi connectivity index (χ4v) is 2.93. The van der Waals surface area contributed by atoms with Crippen molar-refractivity contribution >= 4 is 21.6 Å². The first kappa shape index (κ1) is 17.3. The first-order valence-corrected chi connectivity index (χ1v) is 8.14. The molecule has 0 radical (unpaired) electrons. The maximum absolute atomic E-state index is 12.1. The van der Waals surface area contributed by atoms with Crippen molar-refractivity contribution in [2.75, 3.05) is 25.6 Å². The zero-order chi connectivity index (χ0) is 16.3. The number of sulfonamides is 1. The highest BCUT2D eigenvalue weighted by atomic mass is 32.2. The number of nitrogens with two attached hydrogens (primary N) is 1. The molecule has 0 saturated heterocycles. The summed E-state index contributed by atoms with van der Waals surface area (Å²) in [5.41, 5.74) is 5.55. The summed E-state index contributed by atoms with van der Waals surface area (Å²) in [5, 5.41) is 2.65. The lowest BCUT2D eigenvalue weighted by Crippen LogP contribution is -2.51. The van der Waals surface area contributed by atoms with E-state index < -0.39 is 21.5 Å². The molecule has 0 atom stereocenters. The van der Waals surface area contributed by atoms with Gasteiger partial charge < -0.3 is 15.8 Å². The van der Waals surface area contributed by atoms with Crippen LogP contribution >= 0.6 is 0 Å². The van der Waals surface area contributed by atoms with Gasteiger partial charge in [0.15, 0.2) is 0 Å². The molecule has 0 unspecified atom stereocenters. The van der Waals surface area contributed by atoms with Crippen LogP contribution in [-0.2, 0) is 10.0 Å². The van der Waals surface area contributed by atoms with Gasteiger partial charge in [0.2, 0.25) is 10.0 Å². The molecule has 7 nitrogen and oxygen atoms in total. The Balaban J connectivity index is 2.79. The third-order valence-electron chi connectivity index (χ3n) is 2.68. The minimum absolute atomic E-state index is 0.121. The van der Waals surface area contributed by atoms with Gasteiger partial charge in [-0.05, 0) is 26.0 Å². The predicted octanol–water partition coefficient (Wildman–Crippen LogP) is 0.335. The van der Waals surface area contributed by atoms with Crippen LogP contribution in [0.2, 0.25) is 0 Å². The second-order valence-electron chi connectivity index (χ2n) is 5.36. The van der Waals surface area contributed by atoms with Crippen LogP contribution in [0.3, 0.4) is 0 Å². The molecule has 1 rings (SSSR count). The normalized spacial score (nSPS) is 12.0. The summed E-state index contributed by atoms with van der Waals surface area (Å²) >= 11 is 0. The van der Waals surface area contributed by atoms with Gasteiger partial charge in [-0.15, -0.1) is 0 Å². The van der Waals surface area contributed by atoms with Crippen LogP contribution in [0.15, 0.2) is 18.2 Å². The Morgan fingerprint density at radius 1 is 1.38 bits per heavy atom. The lowest BCUT2D eigenvalue weighted by atomic mass is 10.1. The largest absolute Gasteiger partial charge is 0.495 e. The van der Waals surface area contributed by atoms with Gasteiger partial charge in [-0.3, -0.25) is 4.79 Å². The van der Waals surface area contributed by atoms with E-state index in [9.17, 15) is 13.2 Å². The maximum atomic E-state index is 12.1. The topological polar surface area (TPSA) is 111 Å². The van der Waals surface area contributed by atoms with E-state index in [4.69, 9.17) is 10.5 Å². The van der Waals surface area contributed by atoms with Crippen molar-refractivity contribution in [3.05, 3.63) is 23.8 Å². The number of nitrogen functional groups attached to an aromatic ring is 1. The number of carbonyl (C=O) groups is 1.